The van der Waals surface area contributed by atoms with E-state index in [4.69, 9.17) is 5.73 Å². The van der Waals surface area contributed by atoms with Crippen LogP contribution in [0.15, 0.2) is 36.8 Å². The molecule has 0 unspecified atom stereocenters. The number of aromatic nitrogens is 2. The van der Waals surface area contributed by atoms with Crippen molar-refractivity contribution in [2.45, 2.75) is 6.54 Å². The Labute approximate surface area is 99.3 Å². The highest BCUT2D eigenvalue weighted by atomic mass is 16.2. The average Bonchev–Trinajstić information content (AvgIpc) is 2.91. The van der Waals surface area contributed by atoms with Gasteiger partial charge in [0.2, 0.25) is 0 Å². The summed E-state index contributed by atoms with van der Waals surface area (Å²) >= 11 is 0. The number of nitrogens with two attached hydrogens (primary N) is 1. The van der Waals surface area contributed by atoms with E-state index >= 15 is 0 Å². The topological polar surface area (TPSA) is 75.0 Å². The van der Waals surface area contributed by atoms with Gasteiger partial charge in [-0.15, -0.1) is 0 Å². The van der Waals surface area contributed by atoms with E-state index < -0.39 is 0 Å². The quantitative estimate of drug-likeness (QED) is 0.830. The molecule has 0 aromatic carbocycles. The van der Waals surface area contributed by atoms with Crippen molar-refractivity contribution in [3.05, 3.63) is 48.0 Å². The molecule has 0 spiro atoms. The van der Waals surface area contributed by atoms with Crippen LogP contribution in [0, 0.1) is 0 Å². The molecule has 0 fully saturated rings. The second kappa shape index (κ2) is 4.80. The van der Waals surface area contributed by atoms with Crippen LogP contribution in [0.3, 0.4) is 0 Å². The van der Waals surface area contributed by atoms with Gasteiger partial charge in [0.05, 0.1) is 5.69 Å². The number of nitrogens with zero attached hydrogens (tertiary/aromatic N) is 2. The minimum absolute atomic E-state index is 0.153. The second-order valence-corrected chi connectivity index (χ2v) is 3.69. The number of carbonyl (C=O) groups excluding carboxylic acids is 1. The average molecular weight is 230 g/mol. The van der Waals surface area contributed by atoms with Crippen molar-refractivity contribution in [3.63, 3.8) is 0 Å². The molecule has 2 rings (SSSR count). The third-order valence-corrected chi connectivity index (χ3v) is 2.55. The second-order valence-electron chi connectivity index (χ2n) is 3.69. The summed E-state index contributed by atoms with van der Waals surface area (Å²) in [5.74, 6) is -0.153. The predicted molar refractivity (Wildman–Crippen MR) is 65.7 cm³/mol. The Bertz CT molecular complexity index is 507. The molecule has 2 aromatic heterocycles. The minimum atomic E-state index is -0.153. The van der Waals surface area contributed by atoms with Crippen LogP contribution in [0.4, 0.5) is 5.69 Å². The van der Waals surface area contributed by atoms with Crippen molar-refractivity contribution in [2.24, 2.45) is 5.73 Å². The summed E-state index contributed by atoms with van der Waals surface area (Å²) in [6.07, 6.45) is 5.12. The SMILES string of the molecule is CN(C(=O)c1cc(CN)ccn1)c1cc[nH]c1. The molecule has 17 heavy (non-hydrogen) atoms. The van der Waals surface area contributed by atoms with Gasteiger partial charge in [0.15, 0.2) is 0 Å². The first-order valence-electron chi connectivity index (χ1n) is 5.28. The van der Waals surface area contributed by atoms with Crippen molar-refractivity contribution in [2.75, 3.05) is 11.9 Å². The molecule has 0 saturated heterocycles. The van der Waals surface area contributed by atoms with Crippen molar-refractivity contribution >= 4 is 11.6 Å². The van der Waals surface area contributed by atoms with Crippen molar-refractivity contribution < 1.29 is 4.79 Å². The maximum absolute atomic E-state index is 12.1. The molecular weight excluding hydrogens is 216 g/mol. The number of H-pyrrole nitrogens is 1. The molecule has 0 radical (unpaired) electrons. The van der Waals surface area contributed by atoms with Gasteiger partial charge < -0.3 is 15.6 Å². The van der Waals surface area contributed by atoms with Crippen LogP contribution < -0.4 is 10.6 Å². The molecule has 5 nitrogen and oxygen atoms in total. The van der Waals surface area contributed by atoms with Crippen LogP contribution >= 0.6 is 0 Å². The van der Waals surface area contributed by atoms with Crippen LogP contribution in [-0.4, -0.2) is 22.9 Å². The Morgan fingerprint density at radius 2 is 2.35 bits per heavy atom. The summed E-state index contributed by atoms with van der Waals surface area (Å²) in [5.41, 5.74) is 7.63. The molecule has 5 heteroatoms. The fourth-order valence-corrected chi connectivity index (χ4v) is 1.53. The molecule has 0 aliphatic carbocycles. The Morgan fingerprint density at radius 1 is 1.53 bits per heavy atom. The van der Waals surface area contributed by atoms with Gasteiger partial charge in [-0.1, -0.05) is 0 Å². The fourth-order valence-electron chi connectivity index (χ4n) is 1.53. The van der Waals surface area contributed by atoms with E-state index in [1.54, 1.807) is 42.7 Å². The zero-order valence-corrected chi connectivity index (χ0v) is 9.55. The summed E-state index contributed by atoms with van der Waals surface area (Å²) in [4.78, 5) is 20.6. The molecule has 2 aromatic rings. The summed E-state index contributed by atoms with van der Waals surface area (Å²) < 4.78 is 0. The minimum Gasteiger partial charge on any atom is -0.366 e. The highest BCUT2D eigenvalue weighted by Gasteiger charge is 2.15. The maximum Gasteiger partial charge on any atom is 0.276 e. The number of hydrogen-bond acceptors (Lipinski definition) is 3. The number of amides is 1. The van der Waals surface area contributed by atoms with Gasteiger partial charge in [0.1, 0.15) is 5.69 Å². The van der Waals surface area contributed by atoms with Gasteiger partial charge in [0.25, 0.3) is 5.91 Å². The molecule has 2 heterocycles. The third kappa shape index (κ3) is 2.34. The van der Waals surface area contributed by atoms with Crippen LogP contribution in [0.1, 0.15) is 16.1 Å². The Kier molecular flexibility index (Phi) is 3.20. The van der Waals surface area contributed by atoms with E-state index in [1.807, 2.05) is 6.07 Å². The van der Waals surface area contributed by atoms with Crippen LogP contribution in [0.25, 0.3) is 0 Å². The van der Waals surface area contributed by atoms with Gasteiger partial charge in [-0.25, -0.2) is 0 Å². The molecule has 3 N–H and O–H groups in total. The summed E-state index contributed by atoms with van der Waals surface area (Å²) in [5, 5.41) is 0. The van der Waals surface area contributed by atoms with Crippen LogP contribution in [-0.2, 0) is 6.54 Å². The third-order valence-electron chi connectivity index (χ3n) is 2.55. The van der Waals surface area contributed by atoms with E-state index in [-0.39, 0.29) is 5.91 Å². The lowest BCUT2D eigenvalue weighted by atomic mass is 10.2. The van der Waals surface area contributed by atoms with E-state index in [0.29, 0.717) is 12.2 Å². The zero-order chi connectivity index (χ0) is 12.3. The van der Waals surface area contributed by atoms with E-state index in [9.17, 15) is 4.79 Å². The van der Waals surface area contributed by atoms with E-state index in [2.05, 4.69) is 9.97 Å². The summed E-state index contributed by atoms with van der Waals surface area (Å²) in [6, 6.07) is 5.34. The molecule has 0 aliphatic rings. The van der Waals surface area contributed by atoms with Gasteiger partial charge in [-0.3, -0.25) is 9.78 Å². The standard InChI is InChI=1S/C12H14N4O/c1-16(10-3-4-14-8-10)12(17)11-6-9(7-13)2-5-15-11/h2-6,8,14H,7,13H2,1H3. The number of anilines is 1. The smallest absolute Gasteiger partial charge is 0.276 e. The fraction of sp³-hybridized carbons (Fsp3) is 0.167. The molecule has 0 saturated carbocycles. The Hall–Kier alpha value is -2.14. The van der Waals surface area contributed by atoms with Crippen LogP contribution in [0.2, 0.25) is 0 Å². The molecule has 0 bridgehead atoms. The zero-order valence-electron chi connectivity index (χ0n) is 9.55. The Balaban J connectivity index is 2.24. The predicted octanol–water partition coefficient (Wildman–Crippen LogP) is 1.14. The number of aromatic amines is 1. The lowest BCUT2D eigenvalue weighted by Crippen LogP contribution is -2.26. The van der Waals surface area contributed by atoms with Gasteiger partial charge in [-0.2, -0.15) is 0 Å². The number of nitrogens with one attached hydrogen (secondary N) is 1. The van der Waals surface area contributed by atoms with E-state index in [0.717, 1.165) is 11.3 Å². The first-order chi connectivity index (χ1) is 8.22. The molecule has 1 amide bonds. The van der Waals surface area contributed by atoms with Crippen LogP contribution in [0.5, 0.6) is 0 Å². The first-order valence-corrected chi connectivity index (χ1v) is 5.28. The van der Waals surface area contributed by atoms with Gasteiger partial charge in [0, 0.05) is 32.2 Å². The van der Waals surface area contributed by atoms with E-state index in [1.165, 1.54) is 0 Å². The lowest BCUT2D eigenvalue weighted by Gasteiger charge is -2.14. The molecule has 0 atom stereocenters. The van der Waals surface area contributed by atoms with Gasteiger partial charge in [-0.05, 0) is 23.8 Å². The number of pyridine rings is 1. The van der Waals surface area contributed by atoms with Crippen molar-refractivity contribution in [1.82, 2.24) is 9.97 Å². The lowest BCUT2D eigenvalue weighted by molar-refractivity contribution is 0.0988. The maximum atomic E-state index is 12.1. The van der Waals surface area contributed by atoms with Gasteiger partial charge >= 0.3 is 0 Å². The number of hydrogen-bond donors (Lipinski definition) is 2. The molecular formula is C12H14N4O. The first kappa shape index (κ1) is 11.3. The number of rotatable bonds is 3. The molecule has 88 valence electrons. The molecule has 0 aliphatic heterocycles. The highest BCUT2D eigenvalue weighted by molar-refractivity contribution is 6.04. The normalized spacial score (nSPS) is 10.2. The Morgan fingerprint density at radius 3 is 3.00 bits per heavy atom. The van der Waals surface area contributed by atoms with Crippen molar-refractivity contribution in [1.29, 1.82) is 0 Å². The summed E-state index contributed by atoms with van der Waals surface area (Å²) in [6.45, 7) is 0.399. The largest absolute Gasteiger partial charge is 0.366 e. The number of carbonyl (C=O) groups is 1. The highest BCUT2D eigenvalue weighted by Crippen LogP contribution is 2.13. The summed E-state index contributed by atoms with van der Waals surface area (Å²) in [7, 11) is 1.71. The monoisotopic (exact) mass is 230 g/mol. The van der Waals surface area contributed by atoms with Crippen molar-refractivity contribution in [3.8, 4) is 0 Å².